The molecule has 0 radical (unpaired) electrons. The first-order valence-electron chi connectivity index (χ1n) is 11.8. The summed E-state index contributed by atoms with van der Waals surface area (Å²) in [6, 6.07) is 13.3. The first kappa shape index (κ1) is 23.9. The van der Waals surface area contributed by atoms with E-state index in [0.29, 0.717) is 25.2 Å². The lowest BCUT2D eigenvalue weighted by Gasteiger charge is -2.24. The van der Waals surface area contributed by atoms with Crippen LogP contribution < -0.4 is 5.32 Å². The fraction of sp³-hybridized carbons (Fsp3) is 0.423. The molecule has 2 aromatic carbocycles. The van der Waals surface area contributed by atoms with Crippen LogP contribution in [-0.4, -0.2) is 67.7 Å². The van der Waals surface area contributed by atoms with Crippen LogP contribution in [0.1, 0.15) is 39.9 Å². The van der Waals surface area contributed by atoms with Crippen molar-refractivity contribution in [3.05, 3.63) is 64.7 Å². The van der Waals surface area contributed by atoms with Crippen LogP contribution >= 0.6 is 0 Å². The molecule has 1 unspecified atom stereocenters. The van der Waals surface area contributed by atoms with Gasteiger partial charge < -0.3 is 19.9 Å². The summed E-state index contributed by atoms with van der Waals surface area (Å²) < 4.78 is 10.3. The molecule has 1 saturated heterocycles. The molecule has 2 aromatic rings. The number of morpholine rings is 1. The summed E-state index contributed by atoms with van der Waals surface area (Å²) in [5.74, 6) is -0.175. The molecule has 180 valence electrons. The Morgan fingerprint density at radius 2 is 1.94 bits per heavy atom. The van der Waals surface area contributed by atoms with E-state index in [9.17, 15) is 9.59 Å². The van der Waals surface area contributed by atoms with Crippen molar-refractivity contribution >= 4 is 23.8 Å². The second kappa shape index (κ2) is 11.8. The van der Waals surface area contributed by atoms with Gasteiger partial charge in [0.2, 0.25) is 0 Å². The number of carbonyl (C=O) groups is 2. The molecule has 1 fully saturated rings. The third kappa shape index (κ3) is 6.65. The Morgan fingerprint density at radius 3 is 2.71 bits per heavy atom. The Bertz CT molecular complexity index is 1020. The predicted octanol–water partition coefficient (Wildman–Crippen LogP) is 2.64. The highest BCUT2D eigenvalue weighted by Crippen LogP contribution is 2.30. The molecule has 2 N–H and O–H groups in total. The third-order valence-corrected chi connectivity index (χ3v) is 6.13. The summed E-state index contributed by atoms with van der Waals surface area (Å²) in [4.78, 5) is 24.5. The van der Waals surface area contributed by atoms with Gasteiger partial charge >= 0.3 is 5.97 Å². The minimum absolute atomic E-state index is 0.0515. The van der Waals surface area contributed by atoms with Crippen molar-refractivity contribution in [1.82, 2.24) is 5.01 Å². The highest BCUT2D eigenvalue weighted by atomic mass is 16.5. The standard InChI is InChI=1S/C26H31N3O5/c30-11-14-34-25(31)16-20-3-6-23-17-24(8-7-22(23)15-20)28-26(32)21-4-1-19(2-5-21)18-27-29-9-12-33-13-10-29/h1-2,4-5,7-8,17-18,20,30H,3,6,9-16H2,(H,28,32). The van der Waals surface area contributed by atoms with Crippen LogP contribution in [0.4, 0.5) is 5.69 Å². The van der Waals surface area contributed by atoms with E-state index in [2.05, 4.69) is 10.4 Å². The van der Waals surface area contributed by atoms with E-state index in [1.165, 1.54) is 11.1 Å². The number of fused-ring (bicyclic) bond motifs is 1. The van der Waals surface area contributed by atoms with E-state index >= 15 is 0 Å². The average molecular weight is 466 g/mol. The number of nitrogens with one attached hydrogen (secondary N) is 1. The molecule has 8 heteroatoms. The maximum absolute atomic E-state index is 12.7. The molecule has 4 rings (SSSR count). The Labute approximate surface area is 199 Å². The van der Waals surface area contributed by atoms with Crippen LogP contribution in [0.15, 0.2) is 47.6 Å². The van der Waals surface area contributed by atoms with E-state index in [4.69, 9.17) is 14.6 Å². The molecule has 0 bridgehead atoms. The van der Waals surface area contributed by atoms with Crippen molar-refractivity contribution < 1.29 is 24.2 Å². The van der Waals surface area contributed by atoms with E-state index in [-0.39, 0.29) is 31.0 Å². The minimum Gasteiger partial charge on any atom is -0.463 e. The summed E-state index contributed by atoms with van der Waals surface area (Å²) in [6.45, 7) is 2.86. The van der Waals surface area contributed by atoms with E-state index < -0.39 is 0 Å². The van der Waals surface area contributed by atoms with Gasteiger partial charge in [-0.25, -0.2) is 0 Å². The van der Waals surface area contributed by atoms with Crippen molar-refractivity contribution in [3.8, 4) is 0 Å². The number of rotatable bonds is 8. The molecule has 0 aromatic heterocycles. The molecule has 1 aliphatic heterocycles. The Kier molecular flexibility index (Phi) is 8.27. The Balaban J connectivity index is 1.30. The number of ether oxygens (including phenoxy) is 2. The third-order valence-electron chi connectivity index (χ3n) is 6.13. The smallest absolute Gasteiger partial charge is 0.306 e. The van der Waals surface area contributed by atoms with Crippen LogP contribution in [-0.2, 0) is 27.1 Å². The zero-order valence-corrected chi connectivity index (χ0v) is 19.2. The van der Waals surface area contributed by atoms with Gasteiger partial charge in [-0.05, 0) is 66.1 Å². The van der Waals surface area contributed by atoms with Crippen LogP contribution in [0.2, 0.25) is 0 Å². The number of aryl methyl sites for hydroxylation is 1. The summed E-state index contributed by atoms with van der Waals surface area (Å²) in [6.07, 6.45) is 4.73. The molecule has 1 heterocycles. The quantitative estimate of drug-likeness (QED) is 0.459. The lowest BCUT2D eigenvalue weighted by atomic mass is 9.82. The number of hydrogen-bond acceptors (Lipinski definition) is 7. The van der Waals surface area contributed by atoms with Gasteiger partial charge in [-0.2, -0.15) is 5.10 Å². The summed E-state index contributed by atoms with van der Waals surface area (Å²) in [5.41, 5.74) is 4.69. The van der Waals surface area contributed by atoms with Crippen molar-refractivity contribution in [1.29, 1.82) is 0 Å². The first-order chi connectivity index (χ1) is 16.6. The fourth-order valence-electron chi connectivity index (χ4n) is 4.28. The number of anilines is 1. The fourth-order valence-corrected chi connectivity index (χ4v) is 4.28. The molecule has 34 heavy (non-hydrogen) atoms. The molecular formula is C26H31N3O5. The van der Waals surface area contributed by atoms with Crippen LogP contribution in [0.5, 0.6) is 0 Å². The molecule has 2 aliphatic rings. The van der Waals surface area contributed by atoms with Gasteiger partial charge in [0, 0.05) is 17.7 Å². The van der Waals surface area contributed by atoms with Gasteiger partial charge in [0.15, 0.2) is 0 Å². The highest BCUT2D eigenvalue weighted by molar-refractivity contribution is 6.04. The summed E-state index contributed by atoms with van der Waals surface area (Å²) in [5, 5.41) is 18.2. The number of nitrogens with zero attached hydrogens (tertiary/aromatic N) is 2. The number of hydrogen-bond donors (Lipinski definition) is 2. The maximum atomic E-state index is 12.7. The number of amides is 1. The van der Waals surface area contributed by atoms with E-state index in [1.54, 1.807) is 18.3 Å². The summed E-state index contributed by atoms with van der Waals surface area (Å²) in [7, 11) is 0. The topological polar surface area (TPSA) is 100 Å². The maximum Gasteiger partial charge on any atom is 0.306 e. The highest BCUT2D eigenvalue weighted by Gasteiger charge is 2.22. The number of aliphatic hydroxyl groups excluding tert-OH is 1. The van der Waals surface area contributed by atoms with Gasteiger partial charge in [0.25, 0.3) is 5.91 Å². The summed E-state index contributed by atoms with van der Waals surface area (Å²) >= 11 is 0. The lowest BCUT2D eigenvalue weighted by Crippen LogP contribution is -2.32. The first-order valence-corrected chi connectivity index (χ1v) is 11.8. The predicted molar refractivity (Wildman–Crippen MR) is 129 cm³/mol. The normalized spacial score (nSPS) is 17.9. The molecule has 0 saturated carbocycles. The van der Waals surface area contributed by atoms with Gasteiger partial charge in [0.1, 0.15) is 6.61 Å². The SMILES string of the molecule is O=C(CC1CCc2cc(NC(=O)c3ccc(C=NN4CCOCC4)cc3)ccc2C1)OCCO. The molecule has 1 amide bonds. The number of benzene rings is 2. The average Bonchev–Trinajstić information content (AvgIpc) is 2.87. The Morgan fingerprint density at radius 1 is 1.15 bits per heavy atom. The zero-order valence-electron chi connectivity index (χ0n) is 19.2. The van der Waals surface area contributed by atoms with Crippen molar-refractivity contribution in [2.75, 3.05) is 44.8 Å². The largest absolute Gasteiger partial charge is 0.463 e. The van der Waals surface area contributed by atoms with Crippen molar-refractivity contribution in [2.24, 2.45) is 11.0 Å². The van der Waals surface area contributed by atoms with Crippen LogP contribution in [0.25, 0.3) is 0 Å². The number of hydrazone groups is 1. The monoisotopic (exact) mass is 465 g/mol. The van der Waals surface area contributed by atoms with Crippen LogP contribution in [0, 0.1) is 5.92 Å². The van der Waals surface area contributed by atoms with Gasteiger partial charge in [0.05, 0.1) is 39.1 Å². The molecule has 1 aliphatic carbocycles. The van der Waals surface area contributed by atoms with Crippen molar-refractivity contribution in [2.45, 2.75) is 25.7 Å². The second-order valence-electron chi connectivity index (χ2n) is 8.63. The Hall–Kier alpha value is -3.23. The lowest BCUT2D eigenvalue weighted by molar-refractivity contribution is -0.145. The van der Waals surface area contributed by atoms with E-state index in [0.717, 1.165) is 43.6 Å². The van der Waals surface area contributed by atoms with Crippen LogP contribution in [0.3, 0.4) is 0 Å². The van der Waals surface area contributed by atoms with Gasteiger partial charge in [-0.1, -0.05) is 18.2 Å². The molecule has 1 atom stereocenters. The zero-order chi connectivity index (χ0) is 23.8. The van der Waals surface area contributed by atoms with Crippen molar-refractivity contribution in [3.63, 3.8) is 0 Å². The molecule has 8 nitrogen and oxygen atoms in total. The van der Waals surface area contributed by atoms with E-state index in [1.807, 2.05) is 35.3 Å². The number of esters is 1. The number of carbonyl (C=O) groups excluding carboxylic acids is 2. The molecular weight excluding hydrogens is 434 g/mol. The minimum atomic E-state index is -0.259. The number of aliphatic hydroxyl groups is 1. The van der Waals surface area contributed by atoms with Gasteiger partial charge in [-0.15, -0.1) is 0 Å². The van der Waals surface area contributed by atoms with Gasteiger partial charge in [-0.3, -0.25) is 14.6 Å². The molecule has 0 spiro atoms. The second-order valence-corrected chi connectivity index (χ2v) is 8.63.